The number of nitro benzene ring substituents is 1. The largest absolute Gasteiger partial charge is 0.489 e. The molecule has 0 spiro atoms. The Bertz CT molecular complexity index is 1660. The molecule has 198 valence electrons. The van der Waals surface area contributed by atoms with Crippen LogP contribution in [0, 0.1) is 21.4 Å². The van der Waals surface area contributed by atoms with E-state index in [4.69, 9.17) is 31.5 Å². The van der Waals surface area contributed by atoms with E-state index in [1.165, 1.54) is 30.3 Å². The van der Waals surface area contributed by atoms with Gasteiger partial charge in [0.15, 0.2) is 0 Å². The van der Waals surface area contributed by atoms with E-state index in [-0.39, 0.29) is 28.5 Å². The van der Waals surface area contributed by atoms with Crippen LogP contribution in [-0.4, -0.2) is 10.9 Å². The molecule has 0 saturated heterocycles. The highest BCUT2D eigenvalue weighted by molar-refractivity contribution is 6.30. The Morgan fingerprint density at radius 3 is 2.33 bits per heavy atom. The third-order valence-electron chi connectivity index (χ3n) is 6.25. The van der Waals surface area contributed by atoms with E-state index in [2.05, 4.69) is 6.07 Å². The second-order valence-corrected chi connectivity index (χ2v) is 9.24. The van der Waals surface area contributed by atoms with E-state index in [1.54, 1.807) is 24.3 Å². The standard InChI is InChI=1S/C30H20ClN3O6/c31-21-7-1-18(2-8-21)17-38-23-11-5-19(6-12-23)28-25-14-13-24(15-27(25)40-29(33)26(28)16-32)39-30(35)20-3-9-22(10-4-20)34(36)37/h1-15,28H,17,33H2. The summed E-state index contributed by atoms with van der Waals surface area (Å²) in [6.07, 6.45) is 0. The van der Waals surface area contributed by atoms with Gasteiger partial charge >= 0.3 is 5.97 Å². The Balaban J connectivity index is 1.35. The van der Waals surface area contributed by atoms with Gasteiger partial charge in [-0.1, -0.05) is 41.9 Å². The Labute approximate surface area is 233 Å². The van der Waals surface area contributed by atoms with Gasteiger partial charge in [-0.05, 0) is 53.6 Å². The number of carbonyl (C=O) groups is 1. The molecule has 0 bridgehead atoms. The van der Waals surface area contributed by atoms with Gasteiger partial charge in [-0.15, -0.1) is 0 Å². The molecule has 1 atom stereocenters. The number of hydrogen-bond acceptors (Lipinski definition) is 8. The molecule has 1 heterocycles. The SMILES string of the molecule is N#CC1=C(N)Oc2cc(OC(=O)c3ccc([N+](=O)[O-])cc3)ccc2C1c1ccc(OCc2ccc(Cl)cc2)cc1. The Kier molecular flexibility index (Phi) is 7.35. The van der Waals surface area contributed by atoms with Crippen molar-refractivity contribution in [2.45, 2.75) is 12.5 Å². The monoisotopic (exact) mass is 553 g/mol. The van der Waals surface area contributed by atoms with Crippen LogP contribution in [0.4, 0.5) is 5.69 Å². The second kappa shape index (κ2) is 11.2. The summed E-state index contributed by atoms with van der Waals surface area (Å²) in [5.74, 6) is -0.105. The molecule has 0 radical (unpaired) electrons. The number of nitrogens with two attached hydrogens (primary N) is 1. The van der Waals surface area contributed by atoms with Gasteiger partial charge in [0.2, 0.25) is 5.88 Å². The van der Waals surface area contributed by atoms with Crippen molar-refractivity contribution in [3.05, 3.63) is 140 Å². The number of nitrogens with zero attached hydrogens (tertiary/aromatic N) is 2. The van der Waals surface area contributed by atoms with Crippen LogP contribution in [0.3, 0.4) is 0 Å². The smallest absolute Gasteiger partial charge is 0.343 e. The number of halogens is 1. The molecule has 1 aliphatic heterocycles. The molecule has 0 aliphatic carbocycles. The van der Waals surface area contributed by atoms with Gasteiger partial charge in [-0.25, -0.2) is 4.79 Å². The van der Waals surface area contributed by atoms with Crippen molar-refractivity contribution < 1.29 is 23.9 Å². The molecule has 40 heavy (non-hydrogen) atoms. The molecular weight excluding hydrogens is 534 g/mol. The molecule has 4 aromatic rings. The van der Waals surface area contributed by atoms with E-state index in [0.29, 0.717) is 28.7 Å². The van der Waals surface area contributed by atoms with Crippen molar-refractivity contribution in [1.29, 1.82) is 5.26 Å². The van der Waals surface area contributed by atoms with Crippen LogP contribution in [-0.2, 0) is 6.61 Å². The summed E-state index contributed by atoms with van der Waals surface area (Å²) in [6.45, 7) is 0.369. The predicted molar refractivity (Wildman–Crippen MR) is 146 cm³/mol. The highest BCUT2D eigenvalue weighted by Gasteiger charge is 2.31. The molecule has 0 saturated carbocycles. The zero-order valence-electron chi connectivity index (χ0n) is 20.7. The van der Waals surface area contributed by atoms with Crippen molar-refractivity contribution in [2.75, 3.05) is 0 Å². The van der Waals surface area contributed by atoms with Crippen molar-refractivity contribution in [2.24, 2.45) is 5.73 Å². The zero-order valence-corrected chi connectivity index (χ0v) is 21.5. The van der Waals surface area contributed by atoms with E-state index in [1.807, 2.05) is 36.4 Å². The first-order valence-electron chi connectivity index (χ1n) is 12.0. The van der Waals surface area contributed by atoms with Crippen molar-refractivity contribution in [3.8, 4) is 23.3 Å². The molecule has 5 rings (SSSR count). The highest BCUT2D eigenvalue weighted by atomic mass is 35.5. The third kappa shape index (κ3) is 5.57. The highest BCUT2D eigenvalue weighted by Crippen LogP contribution is 2.43. The first-order chi connectivity index (χ1) is 19.3. The van der Waals surface area contributed by atoms with Gasteiger partial charge in [-0.2, -0.15) is 5.26 Å². The number of allylic oxidation sites excluding steroid dienone is 1. The maximum atomic E-state index is 12.6. The van der Waals surface area contributed by atoms with E-state index in [9.17, 15) is 20.2 Å². The minimum atomic E-state index is -0.697. The van der Waals surface area contributed by atoms with E-state index >= 15 is 0 Å². The van der Waals surface area contributed by atoms with Gasteiger partial charge in [0, 0.05) is 28.8 Å². The number of fused-ring (bicyclic) bond motifs is 1. The number of non-ortho nitro benzene ring substituents is 1. The van der Waals surface area contributed by atoms with Crippen LogP contribution < -0.4 is 19.9 Å². The van der Waals surface area contributed by atoms with Crippen LogP contribution in [0.2, 0.25) is 5.02 Å². The second-order valence-electron chi connectivity index (χ2n) is 8.80. The molecule has 4 aromatic carbocycles. The quantitative estimate of drug-likeness (QED) is 0.122. The van der Waals surface area contributed by atoms with Gasteiger partial charge in [0.1, 0.15) is 35.5 Å². The Hall–Kier alpha value is -5.33. The number of rotatable bonds is 7. The topological polar surface area (TPSA) is 138 Å². The number of esters is 1. The van der Waals surface area contributed by atoms with Crippen molar-refractivity contribution >= 4 is 23.3 Å². The lowest BCUT2D eigenvalue weighted by Crippen LogP contribution is -2.21. The molecule has 9 nitrogen and oxygen atoms in total. The van der Waals surface area contributed by atoms with Crippen LogP contribution >= 0.6 is 11.6 Å². The maximum Gasteiger partial charge on any atom is 0.343 e. The number of carbonyl (C=O) groups excluding carboxylic acids is 1. The first-order valence-corrected chi connectivity index (χ1v) is 12.4. The summed E-state index contributed by atoms with van der Waals surface area (Å²) in [5, 5.41) is 21.3. The van der Waals surface area contributed by atoms with Gasteiger partial charge < -0.3 is 19.9 Å². The van der Waals surface area contributed by atoms with Crippen molar-refractivity contribution in [1.82, 2.24) is 0 Å². The molecule has 1 aliphatic rings. The van der Waals surface area contributed by atoms with Crippen LogP contribution in [0.25, 0.3) is 0 Å². The summed E-state index contributed by atoms with van der Waals surface area (Å²) in [4.78, 5) is 22.9. The molecule has 0 fully saturated rings. The summed E-state index contributed by atoms with van der Waals surface area (Å²) in [6, 6.07) is 26.7. The van der Waals surface area contributed by atoms with Crippen LogP contribution in [0.1, 0.15) is 33.0 Å². The lowest BCUT2D eigenvalue weighted by Gasteiger charge is -2.26. The van der Waals surface area contributed by atoms with Crippen molar-refractivity contribution in [3.63, 3.8) is 0 Å². The Morgan fingerprint density at radius 1 is 1.00 bits per heavy atom. The maximum absolute atomic E-state index is 12.6. The number of ether oxygens (including phenoxy) is 3. The number of nitro groups is 1. The third-order valence-corrected chi connectivity index (χ3v) is 6.50. The average molecular weight is 554 g/mol. The summed E-state index contributed by atoms with van der Waals surface area (Å²) in [5.41, 5.74) is 8.78. The first kappa shape index (κ1) is 26.3. The molecule has 0 aromatic heterocycles. The van der Waals surface area contributed by atoms with Gasteiger partial charge in [-0.3, -0.25) is 10.1 Å². The number of hydrogen-bond donors (Lipinski definition) is 1. The predicted octanol–water partition coefficient (Wildman–Crippen LogP) is 6.26. The summed E-state index contributed by atoms with van der Waals surface area (Å²) < 4.78 is 17.0. The molecule has 2 N–H and O–H groups in total. The fourth-order valence-corrected chi connectivity index (χ4v) is 4.36. The summed E-state index contributed by atoms with van der Waals surface area (Å²) in [7, 11) is 0. The fourth-order valence-electron chi connectivity index (χ4n) is 4.23. The minimum Gasteiger partial charge on any atom is -0.489 e. The lowest BCUT2D eigenvalue weighted by atomic mass is 9.83. The van der Waals surface area contributed by atoms with Crippen LogP contribution in [0.5, 0.6) is 17.2 Å². The molecular formula is C30H20ClN3O6. The Morgan fingerprint density at radius 2 is 1.68 bits per heavy atom. The van der Waals surface area contributed by atoms with Crippen LogP contribution in [0.15, 0.2) is 102 Å². The minimum absolute atomic E-state index is 0.0538. The number of benzene rings is 4. The van der Waals surface area contributed by atoms with Gasteiger partial charge in [0.05, 0.1) is 16.4 Å². The fraction of sp³-hybridized carbons (Fsp3) is 0.0667. The molecule has 1 unspecified atom stereocenters. The summed E-state index contributed by atoms with van der Waals surface area (Å²) >= 11 is 5.93. The normalized spacial score (nSPS) is 13.9. The van der Waals surface area contributed by atoms with E-state index in [0.717, 1.165) is 11.1 Å². The molecule has 0 amide bonds. The lowest BCUT2D eigenvalue weighted by molar-refractivity contribution is -0.384. The average Bonchev–Trinajstić information content (AvgIpc) is 2.96. The zero-order chi connectivity index (χ0) is 28.2. The number of nitriles is 1. The van der Waals surface area contributed by atoms with Gasteiger partial charge in [0.25, 0.3) is 5.69 Å². The molecule has 10 heteroatoms. The van der Waals surface area contributed by atoms with E-state index < -0.39 is 16.8 Å².